The summed E-state index contributed by atoms with van der Waals surface area (Å²) in [4.78, 5) is 10.8. The number of likely N-dealkylation sites (N-methyl/N-ethyl adjacent to an activating group) is 1. The molecule has 1 aromatic rings. The van der Waals surface area contributed by atoms with E-state index in [4.69, 9.17) is 5.11 Å². The number of halogens is 2. The average Bonchev–Trinajstić information content (AvgIpc) is 2.11. The lowest BCUT2D eigenvalue weighted by atomic mass is 10.1. The van der Waals surface area contributed by atoms with Gasteiger partial charge in [0.2, 0.25) is 0 Å². The highest BCUT2D eigenvalue weighted by atomic mass is 79.9. The molecule has 1 atom stereocenters. The maximum Gasteiger partial charge on any atom is 0.325 e. The van der Waals surface area contributed by atoms with Crippen molar-refractivity contribution >= 4 is 37.8 Å². The van der Waals surface area contributed by atoms with Crippen LogP contribution in [-0.2, 0) is 4.79 Å². The predicted molar refractivity (Wildman–Crippen MR) is 61.3 cm³/mol. The van der Waals surface area contributed by atoms with Crippen LogP contribution >= 0.6 is 31.9 Å². The first-order valence-electron chi connectivity index (χ1n) is 3.91. The van der Waals surface area contributed by atoms with E-state index in [0.29, 0.717) is 0 Å². The minimum absolute atomic E-state index is 0.667. The Bertz CT molecular complexity index is 355. The lowest BCUT2D eigenvalue weighted by Crippen LogP contribution is -2.24. The highest BCUT2D eigenvalue weighted by molar-refractivity contribution is 9.13. The van der Waals surface area contributed by atoms with E-state index in [9.17, 15) is 4.79 Å². The van der Waals surface area contributed by atoms with Gasteiger partial charge in [-0.25, -0.2) is 0 Å². The molecule has 5 heteroatoms. The highest BCUT2D eigenvalue weighted by Gasteiger charge is 2.17. The molecule has 76 valence electrons. The number of hydrogen-bond acceptors (Lipinski definition) is 2. The monoisotopic (exact) mass is 321 g/mol. The quantitative estimate of drug-likeness (QED) is 0.899. The van der Waals surface area contributed by atoms with Gasteiger partial charge in [-0.1, -0.05) is 6.07 Å². The fraction of sp³-hybridized carbons (Fsp3) is 0.222. The SMILES string of the molecule is CNC(C(=O)O)c1ccc(Br)c(Br)c1. The van der Waals surface area contributed by atoms with E-state index < -0.39 is 12.0 Å². The number of hydrogen-bond donors (Lipinski definition) is 2. The van der Waals surface area contributed by atoms with Gasteiger partial charge in [0.1, 0.15) is 6.04 Å². The number of rotatable bonds is 3. The molecular formula is C9H9Br2NO2. The molecule has 0 heterocycles. The summed E-state index contributed by atoms with van der Waals surface area (Å²) in [6.45, 7) is 0. The maximum atomic E-state index is 10.8. The Morgan fingerprint density at radius 3 is 2.50 bits per heavy atom. The topological polar surface area (TPSA) is 49.3 Å². The molecule has 0 aliphatic heterocycles. The predicted octanol–water partition coefficient (Wildman–Crippen LogP) is 2.56. The summed E-state index contributed by atoms with van der Waals surface area (Å²) in [5.41, 5.74) is 0.718. The minimum atomic E-state index is -0.887. The van der Waals surface area contributed by atoms with Gasteiger partial charge < -0.3 is 10.4 Å². The zero-order valence-electron chi connectivity index (χ0n) is 7.42. The first-order valence-corrected chi connectivity index (χ1v) is 5.50. The van der Waals surface area contributed by atoms with Crippen molar-refractivity contribution in [3.63, 3.8) is 0 Å². The summed E-state index contributed by atoms with van der Waals surface area (Å²) < 4.78 is 1.75. The van der Waals surface area contributed by atoms with Crippen LogP contribution in [0.5, 0.6) is 0 Å². The van der Waals surface area contributed by atoms with Gasteiger partial charge in [0.15, 0.2) is 0 Å². The van der Waals surface area contributed by atoms with Crippen molar-refractivity contribution in [3.05, 3.63) is 32.7 Å². The molecule has 0 bridgehead atoms. The summed E-state index contributed by atoms with van der Waals surface area (Å²) in [5.74, 6) is -0.887. The van der Waals surface area contributed by atoms with E-state index in [1.165, 1.54) is 0 Å². The molecule has 0 saturated heterocycles. The lowest BCUT2D eigenvalue weighted by molar-refractivity contribution is -0.139. The molecule has 0 aromatic heterocycles. The number of carboxylic acid groups (broad SMARTS) is 1. The van der Waals surface area contributed by atoms with Crippen LogP contribution in [0.25, 0.3) is 0 Å². The van der Waals surface area contributed by atoms with Gasteiger partial charge in [0.25, 0.3) is 0 Å². The fourth-order valence-electron chi connectivity index (χ4n) is 1.12. The second-order valence-electron chi connectivity index (χ2n) is 2.73. The Hall–Kier alpha value is -0.390. The largest absolute Gasteiger partial charge is 0.480 e. The van der Waals surface area contributed by atoms with Gasteiger partial charge in [0.05, 0.1) is 0 Å². The molecule has 2 N–H and O–H groups in total. The molecule has 0 radical (unpaired) electrons. The molecule has 1 aromatic carbocycles. The Labute approximate surface area is 98.8 Å². The van der Waals surface area contributed by atoms with Crippen molar-refractivity contribution in [1.29, 1.82) is 0 Å². The summed E-state index contributed by atoms with van der Waals surface area (Å²) >= 11 is 6.65. The van der Waals surface area contributed by atoms with Crippen molar-refractivity contribution in [1.82, 2.24) is 5.32 Å². The molecule has 0 fully saturated rings. The van der Waals surface area contributed by atoms with Crippen LogP contribution < -0.4 is 5.32 Å². The average molecular weight is 323 g/mol. The van der Waals surface area contributed by atoms with Crippen molar-refractivity contribution in [2.24, 2.45) is 0 Å². The van der Waals surface area contributed by atoms with Crippen LogP contribution in [-0.4, -0.2) is 18.1 Å². The van der Waals surface area contributed by atoms with E-state index in [1.807, 2.05) is 6.07 Å². The highest BCUT2D eigenvalue weighted by Crippen LogP contribution is 2.26. The number of carboxylic acids is 1. The third-order valence-corrected chi connectivity index (χ3v) is 3.69. The van der Waals surface area contributed by atoms with Gasteiger partial charge in [-0.3, -0.25) is 4.79 Å². The molecular weight excluding hydrogens is 314 g/mol. The molecule has 1 rings (SSSR count). The lowest BCUT2D eigenvalue weighted by Gasteiger charge is -2.12. The van der Waals surface area contributed by atoms with Crippen molar-refractivity contribution in [3.8, 4) is 0 Å². The molecule has 1 unspecified atom stereocenters. The summed E-state index contributed by atoms with van der Waals surface area (Å²) in [6.07, 6.45) is 0. The van der Waals surface area contributed by atoms with E-state index in [-0.39, 0.29) is 0 Å². The summed E-state index contributed by atoms with van der Waals surface area (Å²) in [5, 5.41) is 11.6. The smallest absolute Gasteiger partial charge is 0.325 e. The first-order chi connectivity index (χ1) is 6.56. The Morgan fingerprint density at radius 2 is 2.07 bits per heavy atom. The molecule has 0 aliphatic carbocycles. The molecule has 0 spiro atoms. The van der Waals surface area contributed by atoms with E-state index in [0.717, 1.165) is 14.5 Å². The third-order valence-electron chi connectivity index (χ3n) is 1.81. The van der Waals surface area contributed by atoms with Gasteiger partial charge in [0, 0.05) is 8.95 Å². The molecule has 0 saturated carbocycles. The Balaban J connectivity index is 3.06. The Morgan fingerprint density at radius 1 is 1.43 bits per heavy atom. The van der Waals surface area contributed by atoms with Crippen molar-refractivity contribution < 1.29 is 9.90 Å². The second kappa shape index (κ2) is 4.91. The van der Waals surface area contributed by atoms with Gasteiger partial charge in [-0.2, -0.15) is 0 Å². The van der Waals surface area contributed by atoms with Crippen LogP contribution in [0.1, 0.15) is 11.6 Å². The number of carbonyl (C=O) groups is 1. The Kier molecular flexibility index (Phi) is 4.10. The standard InChI is InChI=1S/C9H9Br2NO2/c1-12-8(9(13)14)5-2-3-6(10)7(11)4-5/h2-4,8,12H,1H3,(H,13,14). The van der Waals surface area contributed by atoms with Crippen LogP contribution in [0.3, 0.4) is 0 Å². The number of benzene rings is 1. The number of aliphatic carboxylic acids is 1. The van der Waals surface area contributed by atoms with Crippen molar-refractivity contribution in [2.75, 3.05) is 7.05 Å². The third kappa shape index (κ3) is 2.56. The van der Waals surface area contributed by atoms with E-state index >= 15 is 0 Å². The second-order valence-corrected chi connectivity index (χ2v) is 4.44. The van der Waals surface area contributed by atoms with Gasteiger partial charge in [-0.05, 0) is 56.6 Å². The summed E-state index contributed by atoms with van der Waals surface area (Å²) in [7, 11) is 1.62. The summed E-state index contributed by atoms with van der Waals surface area (Å²) in [6, 6.07) is 4.69. The first kappa shape index (κ1) is 11.7. The van der Waals surface area contributed by atoms with Gasteiger partial charge in [-0.15, -0.1) is 0 Å². The fourth-order valence-corrected chi connectivity index (χ4v) is 1.77. The van der Waals surface area contributed by atoms with Gasteiger partial charge >= 0.3 is 5.97 Å². The molecule has 3 nitrogen and oxygen atoms in total. The van der Waals surface area contributed by atoms with Crippen molar-refractivity contribution in [2.45, 2.75) is 6.04 Å². The zero-order valence-corrected chi connectivity index (χ0v) is 10.6. The number of nitrogens with one attached hydrogen (secondary N) is 1. The van der Waals surface area contributed by atoms with Crippen LogP contribution in [0, 0.1) is 0 Å². The normalized spacial score (nSPS) is 12.5. The molecule has 14 heavy (non-hydrogen) atoms. The van der Waals surface area contributed by atoms with Crippen LogP contribution in [0.2, 0.25) is 0 Å². The maximum absolute atomic E-state index is 10.8. The van der Waals surface area contributed by atoms with Crippen LogP contribution in [0.15, 0.2) is 27.1 Å². The minimum Gasteiger partial charge on any atom is -0.480 e. The van der Waals surface area contributed by atoms with E-state index in [1.54, 1.807) is 19.2 Å². The zero-order chi connectivity index (χ0) is 10.7. The van der Waals surface area contributed by atoms with E-state index in [2.05, 4.69) is 37.2 Å². The molecule has 0 amide bonds. The van der Waals surface area contributed by atoms with Crippen LogP contribution in [0.4, 0.5) is 0 Å². The molecule has 0 aliphatic rings.